The van der Waals surface area contributed by atoms with Gasteiger partial charge in [-0.05, 0) is 50.5 Å². The Morgan fingerprint density at radius 1 is 1.18 bits per heavy atom. The van der Waals surface area contributed by atoms with Crippen molar-refractivity contribution in [1.82, 2.24) is 15.3 Å². The minimum atomic E-state index is -0.585. The van der Waals surface area contributed by atoms with E-state index in [1.807, 2.05) is 38.1 Å². The van der Waals surface area contributed by atoms with E-state index in [-0.39, 0.29) is 13.2 Å². The van der Waals surface area contributed by atoms with Crippen LogP contribution in [0.4, 0.5) is 5.95 Å². The highest BCUT2D eigenvalue weighted by atomic mass is 16.5. The number of hydrogen-bond donors (Lipinski definition) is 3. The average Bonchev–Trinajstić information content (AvgIpc) is 2.70. The fourth-order valence-corrected chi connectivity index (χ4v) is 3.42. The number of piperidine rings is 1. The van der Waals surface area contributed by atoms with Crippen LogP contribution in [-0.2, 0) is 6.61 Å². The predicted octanol–water partition coefficient (Wildman–Crippen LogP) is 1.58. The highest BCUT2D eigenvalue weighted by Crippen LogP contribution is 2.17. The van der Waals surface area contributed by atoms with Crippen LogP contribution in [0.2, 0.25) is 0 Å². The highest BCUT2D eigenvalue weighted by Gasteiger charge is 2.21. The fourth-order valence-electron chi connectivity index (χ4n) is 3.42. The minimum Gasteiger partial charge on any atom is -0.491 e. The SMILES string of the molecule is Cc1cc(C)nc(N2CCC(NCC(O)COc3cccc(CO)c3)CC2)n1. The third-order valence-corrected chi connectivity index (χ3v) is 4.91. The van der Waals surface area contributed by atoms with Gasteiger partial charge in [-0.25, -0.2) is 9.97 Å². The largest absolute Gasteiger partial charge is 0.491 e. The molecule has 1 aromatic carbocycles. The van der Waals surface area contributed by atoms with Gasteiger partial charge < -0.3 is 25.2 Å². The van der Waals surface area contributed by atoms with Crippen molar-refractivity contribution >= 4 is 5.95 Å². The van der Waals surface area contributed by atoms with E-state index in [0.717, 1.165) is 48.8 Å². The number of benzene rings is 1. The van der Waals surface area contributed by atoms with Crippen molar-refractivity contribution in [2.75, 3.05) is 31.1 Å². The van der Waals surface area contributed by atoms with E-state index >= 15 is 0 Å². The summed E-state index contributed by atoms with van der Waals surface area (Å²) >= 11 is 0. The normalized spacial score (nSPS) is 16.2. The molecule has 1 saturated heterocycles. The second kappa shape index (κ2) is 9.82. The summed E-state index contributed by atoms with van der Waals surface area (Å²) < 4.78 is 5.62. The predicted molar refractivity (Wildman–Crippen MR) is 109 cm³/mol. The summed E-state index contributed by atoms with van der Waals surface area (Å²) in [5, 5.41) is 22.8. The van der Waals surface area contributed by atoms with Crippen LogP contribution in [0, 0.1) is 13.8 Å². The molecule has 0 spiro atoms. The van der Waals surface area contributed by atoms with E-state index in [4.69, 9.17) is 9.84 Å². The summed E-state index contributed by atoms with van der Waals surface area (Å²) in [5.41, 5.74) is 2.79. The first kappa shape index (κ1) is 20.5. The van der Waals surface area contributed by atoms with Crippen molar-refractivity contribution in [2.45, 2.75) is 45.4 Å². The van der Waals surface area contributed by atoms with Crippen LogP contribution in [-0.4, -0.2) is 58.6 Å². The first-order chi connectivity index (χ1) is 13.5. The van der Waals surface area contributed by atoms with Gasteiger partial charge in [-0.15, -0.1) is 0 Å². The maximum absolute atomic E-state index is 10.2. The molecular formula is C21H30N4O3. The number of nitrogens with zero attached hydrogens (tertiary/aromatic N) is 3. The van der Waals surface area contributed by atoms with E-state index in [0.29, 0.717) is 18.3 Å². The molecule has 0 amide bonds. The van der Waals surface area contributed by atoms with Crippen molar-refractivity contribution in [3.05, 3.63) is 47.3 Å². The van der Waals surface area contributed by atoms with E-state index in [1.54, 1.807) is 6.07 Å². The monoisotopic (exact) mass is 386 g/mol. The number of hydrogen-bond acceptors (Lipinski definition) is 7. The average molecular weight is 386 g/mol. The molecule has 1 atom stereocenters. The number of aliphatic hydroxyl groups excluding tert-OH is 2. The molecule has 1 aliphatic rings. The molecule has 28 heavy (non-hydrogen) atoms. The first-order valence-electron chi connectivity index (χ1n) is 9.85. The summed E-state index contributed by atoms with van der Waals surface area (Å²) in [6, 6.07) is 9.63. The molecule has 1 aliphatic heterocycles. The Hall–Kier alpha value is -2.22. The molecule has 0 radical (unpaired) electrons. The first-order valence-corrected chi connectivity index (χ1v) is 9.85. The van der Waals surface area contributed by atoms with Gasteiger partial charge in [0.15, 0.2) is 0 Å². The molecule has 0 aliphatic carbocycles. The zero-order valence-corrected chi connectivity index (χ0v) is 16.6. The molecule has 7 nitrogen and oxygen atoms in total. The zero-order chi connectivity index (χ0) is 19.9. The van der Waals surface area contributed by atoms with Gasteiger partial charge in [0.25, 0.3) is 0 Å². The lowest BCUT2D eigenvalue weighted by atomic mass is 10.1. The van der Waals surface area contributed by atoms with Gasteiger partial charge in [0.05, 0.1) is 6.61 Å². The molecule has 1 fully saturated rings. The van der Waals surface area contributed by atoms with Crippen LogP contribution in [0.25, 0.3) is 0 Å². The second-order valence-corrected chi connectivity index (χ2v) is 7.39. The number of aliphatic hydroxyl groups is 2. The molecule has 7 heteroatoms. The highest BCUT2D eigenvalue weighted by molar-refractivity contribution is 5.33. The van der Waals surface area contributed by atoms with Crippen molar-refractivity contribution in [3.8, 4) is 5.75 Å². The Bertz CT molecular complexity index is 743. The summed E-state index contributed by atoms with van der Waals surface area (Å²) in [6.07, 6.45) is 1.39. The molecule has 152 valence electrons. The van der Waals surface area contributed by atoms with Gasteiger partial charge in [-0.2, -0.15) is 0 Å². The van der Waals surface area contributed by atoms with Gasteiger partial charge in [-0.3, -0.25) is 0 Å². The Labute approximate surface area is 166 Å². The number of aromatic nitrogens is 2. The number of ether oxygens (including phenoxy) is 1. The van der Waals surface area contributed by atoms with Crippen LogP contribution >= 0.6 is 0 Å². The number of nitrogens with one attached hydrogen (secondary N) is 1. The Kier molecular flexibility index (Phi) is 7.19. The van der Waals surface area contributed by atoms with E-state index in [2.05, 4.69) is 20.2 Å². The van der Waals surface area contributed by atoms with E-state index in [1.165, 1.54) is 0 Å². The number of aryl methyl sites for hydroxylation is 2. The Morgan fingerprint density at radius 2 is 1.89 bits per heavy atom. The minimum absolute atomic E-state index is 0.0207. The van der Waals surface area contributed by atoms with Crippen molar-refractivity contribution in [1.29, 1.82) is 0 Å². The lowest BCUT2D eigenvalue weighted by Crippen LogP contribution is -2.46. The molecule has 1 unspecified atom stereocenters. The third-order valence-electron chi connectivity index (χ3n) is 4.91. The van der Waals surface area contributed by atoms with Crippen molar-refractivity contribution < 1.29 is 14.9 Å². The molecule has 3 rings (SSSR count). The van der Waals surface area contributed by atoms with Crippen LogP contribution in [0.1, 0.15) is 29.8 Å². The van der Waals surface area contributed by atoms with Crippen LogP contribution in [0.5, 0.6) is 5.75 Å². The van der Waals surface area contributed by atoms with Gasteiger partial charge >= 0.3 is 0 Å². The van der Waals surface area contributed by atoms with Crippen LogP contribution in [0.3, 0.4) is 0 Å². The standard InChI is InChI=1S/C21H30N4O3/c1-15-10-16(2)24-21(23-15)25-8-6-18(7-9-25)22-12-19(27)14-28-20-5-3-4-17(11-20)13-26/h3-5,10-11,18-19,22,26-27H,6-9,12-14H2,1-2H3. The van der Waals surface area contributed by atoms with E-state index < -0.39 is 6.10 Å². The van der Waals surface area contributed by atoms with Gasteiger partial charge in [0, 0.05) is 37.1 Å². The molecule has 0 bridgehead atoms. The van der Waals surface area contributed by atoms with Crippen molar-refractivity contribution in [3.63, 3.8) is 0 Å². The molecule has 2 aromatic rings. The third kappa shape index (κ3) is 5.89. The quantitative estimate of drug-likeness (QED) is 0.635. The van der Waals surface area contributed by atoms with E-state index in [9.17, 15) is 5.11 Å². The molecule has 1 aromatic heterocycles. The zero-order valence-electron chi connectivity index (χ0n) is 16.6. The maximum Gasteiger partial charge on any atom is 0.225 e. The molecular weight excluding hydrogens is 356 g/mol. The number of rotatable bonds is 8. The van der Waals surface area contributed by atoms with Crippen LogP contribution < -0.4 is 15.0 Å². The Morgan fingerprint density at radius 3 is 2.57 bits per heavy atom. The number of anilines is 1. The molecule has 0 saturated carbocycles. The second-order valence-electron chi connectivity index (χ2n) is 7.39. The molecule has 2 heterocycles. The summed E-state index contributed by atoms with van der Waals surface area (Å²) in [7, 11) is 0. The summed E-state index contributed by atoms with van der Waals surface area (Å²) in [5.74, 6) is 1.47. The lowest BCUT2D eigenvalue weighted by Gasteiger charge is -2.33. The Balaban J connectivity index is 1.38. The summed E-state index contributed by atoms with van der Waals surface area (Å²) in [6.45, 7) is 6.49. The van der Waals surface area contributed by atoms with Gasteiger partial charge in [0.1, 0.15) is 18.5 Å². The topological polar surface area (TPSA) is 90.7 Å². The van der Waals surface area contributed by atoms with Crippen LogP contribution in [0.15, 0.2) is 30.3 Å². The smallest absolute Gasteiger partial charge is 0.225 e. The van der Waals surface area contributed by atoms with Gasteiger partial charge in [-0.1, -0.05) is 12.1 Å². The van der Waals surface area contributed by atoms with Crippen molar-refractivity contribution in [2.24, 2.45) is 0 Å². The summed E-state index contributed by atoms with van der Waals surface area (Å²) in [4.78, 5) is 11.3. The van der Waals surface area contributed by atoms with Gasteiger partial charge in [0.2, 0.25) is 5.95 Å². The lowest BCUT2D eigenvalue weighted by molar-refractivity contribution is 0.102. The maximum atomic E-state index is 10.2. The molecule has 3 N–H and O–H groups in total. The fraction of sp³-hybridized carbons (Fsp3) is 0.524.